The molecule has 0 saturated heterocycles. The zero-order valence-electron chi connectivity index (χ0n) is 63.8. The summed E-state index contributed by atoms with van der Waals surface area (Å²) in [4.78, 5) is 34.0. The molecule has 10 rings (SSSR count). The summed E-state index contributed by atoms with van der Waals surface area (Å²) in [6.45, 7) is 20.8. The van der Waals surface area contributed by atoms with Crippen LogP contribution in [0, 0.1) is 76.9 Å². The third kappa shape index (κ3) is 23.9. The first-order chi connectivity index (χ1) is 48.9. The summed E-state index contributed by atoms with van der Waals surface area (Å²) in [5.41, 5.74) is 7.34. The van der Waals surface area contributed by atoms with Gasteiger partial charge in [0.1, 0.15) is 53.7 Å². The Morgan fingerprint density at radius 2 is 0.981 bits per heavy atom. The maximum Gasteiger partial charge on any atom is 1.00 e. The van der Waals surface area contributed by atoms with Crippen molar-refractivity contribution in [1.29, 1.82) is 0 Å². The van der Waals surface area contributed by atoms with Crippen LogP contribution in [-0.2, 0) is 49.4 Å². The van der Waals surface area contributed by atoms with E-state index in [9.17, 15) is 45.0 Å². The van der Waals surface area contributed by atoms with Gasteiger partial charge < -0.3 is 73.1 Å². The number of ether oxygens (including phenoxy) is 6. The molecule has 3 heterocycles. The van der Waals surface area contributed by atoms with E-state index in [1.165, 1.54) is 5.56 Å². The Kier molecular flexibility index (Phi) is 35.9. The van der Waals surface area contributed by atoms with Crippen LogP contribution in [0.3, 0.4) is 0 Å². The fraction of sp³-hybridized carbons (Fsp3) is 0.541. The molecule has 0 spiro atoms. The number of para-hydroxylation sites is 3. The predicted octanol–water partition coefficient (Wildman–Crippen LogP) is 6.01. The van der Waals surface area contributed by atoms with Crippen LogP contribution in [0.15, 0.2) is 109 Å². The maximum absolute atomic E-state index is 12.5. The van der Waals surface area contributed by atoms with Gasteiger partial charge in [0.05, 0.1) is 44.7 Å². The molecule has 0 bridgehead atoms. The van der Waals surface area contributed by atoms with Crippen LogP contribution >= 0.6 is 0 Å². The number of carboxylic acid groups (broad SMARTS) is 2. The van der Waals surface area contributed by atoms with Crippen molar-refractivity contribution in [3.05, 3.63) is 148 Å². The Hall–Kier alpha value is -5.16. The maximum atomic E-state index is 12.5. The van der Waals surface area contributed by atoms with Crippen LogP contribution in [0.4, 0.5) is 0 Å². The minimum atomic E-state index is -1.71. The Balaban J connectivity index is 0.000000246. The summed E-state index contributed by atoms with van der Waals surface area (Å²) >= 11 is 0. The third-order valence-electron chi connectivity index (χ3n) is 20.9. The van der Waals surface area contributed by atoms with Crippen LogP contribution < -0.4 is 115 Å². The van der Waals surface area contributed by atoms with E-state index in [2.05, 4.69) is 105 Å². The molecule has 104 heavy (non-hydrogen) atoms. The average Bonchev–Trinajstić information content (AvgIpc) is 1.61. The molecule has 3 fully saturated rings. The fourth-order valence-corrected chi connectivity index (χ4v) is 16.3. The minimum Gasteiger partial charge on any atom is -0.550 e. The number of aryl methyl sites for hydroxylation is 3. The molecular weight excluding hydrogens is 1370 g/mol. The first kappa shape index (κ1) is 87.8. The van der Waals surface area contributed by atoms with E-state index in [-0.39, 0.29) is 185 Å². The molecule has 3 saturated carbocycles. The number of hydrogen-bond donors (Lipinski definition) is 4. The van der Waals surface area contributed by atoms with Crippen LogP contribution in [0.25, 0.3) is 0 Å². The molecule has 4 N–H and O–H groups in total. The standard InChI is InChI=1S/C33H40O7.C28H40O4Si.C24H30O5.K.Na/c1-5-6-9-21(2)27(34)17-16-25-28(35)19-30-32(25)26-12-7-10-22(33(26)40-30)11-8-13-31(36)39-20-23-14-15-24(37-3)18-29(23)38-4;1-7-8-11-19(2)20(3)16-17-22-24(32-33(4,5)6)18-25-27(22)23-14-9-12-21(28(23)31-25)13-10-15-26(29)30;1-3-4-7-15(2)19(25)13-12-17-20(26)14-21-23(17)18-10-5-8-16(24(18)29-21)9-6-11-22(27)28;;/h7,10,12,14-18,21,25,27-28,30,32,34-35H,8-9,11,13,19-20H2,1-4H3;9,12,14,16-17,19-20,22,24-25,27H,10-11,13,15,18H2,1-6H3,(H,29,30);5,8,10,12-13,15,17,19-21,23,25-26H,6-7,9,11,14H2,1-2H3,(H,27,28);;/q;;;2*+1/p-2/b2*17-16+;13-12+;;/t21?,25-,27+,28?,30-,32-;19?,20-,22+,24?,25+,27+;15?,17-,19+,20?,21-,23-;;/m010../s1. The molecule has 6 unspecified atom stereocenters. The van der Waals surface area contributed by atoms with E-state index in [1.807, 2.05) is 75.4 Å². The number of esters is 1. The molecule has 19 heteroatoms. The predicted molar refractivity (Wildman–Crippen MR) is 394 cm³/mol. The normalized spacial score (nSPS) is 24.3. The quantitative estimate of drug-likeness (QED) is 0.0202. The summed E-state index contributed by atoms with van der Waals surface area (Å²) in [6.07, 6.45) is 18.2. The number of hydrogen-bond acceptors (Lipinski definition) is 16. The van der Waals surface area contributed by atoms with Gasteiger partial charge in [-0.1, -0.05) is 119 Å². The average molecular weight is 1480 g/mol. The molecule has 3 aliphatic heterocycles. The molecule has 0 aromatic heterocycles. The van der Waals surface area contributed by atoms with Crippen LogP contribution in [0.5, 0.6) is 28.7 Å². The van der Waals surface area contributed by atoms with Gasteiger partial charge in [0.15, 0.2) is 8.32 Å². The van der Waals surface area contributed by atoms with Gasteiger partial charge in [0, 0.05) is 121 Å². The first-order valence-corrected chi connectivity index (χ1v) is 40.0. The van der Waals surface area contributed by atoms with Crippen molar-refractivity contribution in [2.45, 2.75) is 238 Å². The zero-order chi connectivity index (χ0) is 73.8. The number of rotatable bonds is 30. The largest absolute Gasteiger partial charge is 1.00 e. The van der Waals surface area contributed by atoms with Gasteiger partial charge in [0.2, 0.25) is 0 Å². The monoisotopic (exact) mass is 1470 g/mol. The third-order valence-corrected chi connectivity index (χ3v) is 21.9. The number of carbonyl (C=O) groups is 3. The van der Waals surface area contributed by atoms with E-state index < -0.39 is 44.7 Å². The Bertz CT molecular complexity index is 3770. The van der Waals surface area contributed by atoms with Gasteiger partial charge in [-0.2, -0.15) is 0 Å². The van der Waals surface area contributed by atoms with Crippen LogP contribution in [0.1, 0.15) is 182 Å². The molecule has 0 amide bonds. The number of carbonyl (C=O) groups excluding carboxylic acids is 3. The van der Waals surface area contributed by atoms with Gasteiger partial charge in [-0.25, -0.2) is 0 Å². The van der Waals surface area contributed by atoms with Gasteiger partial charge in [-0.05, 0) is 144 Å². The smallest absolute Gasteiger partial charge is 0.550 e. The number of fused-ring (bicyclic) bond motifs is 9. The van der Waals surface area contributed by atoms with Gasteiger partial charge in [0.25, 0.3) is 0 Å². The van der Waals surface area contributed by atoms with E-state index in [1.54, 1.807) is 46.3 Å². The summed E-state index contributed by atoms with van der Waals surface area (Å²) in [5, 5.41) is 63.8. The number of allylic oxidation sites excluding steroid dienone is 1. The Morgan fingerprint density at radius 3 is 1.39 bits per heavy atom. The van der Waals surface area contributed by atoms with Crippen molar-refractivity contribution < 1.29 is 159 Å². The Labute approximate surface area is 684 Å². The van der Waals surface area contributed by atoms with Gasteiger partial charge in [-0.3, -0.25) is 4.79 Å². The molecular formula is C85H108KNaO16Si. The van der Waals surface area contributed by atoms with Crippen molar-refractivity contribution >= 4 is 26.2 Å². The van der Waals surface area contributed by atoms with Gasteiger partial charge >= 0.3 is 86.9 Å². The van der Waals surface area contributed by atoms with Crippen molar-refractivity contribution in [2.75, 3.05) is 14.2 Å². The fourth-order valence-electron chi connectivity index (χ4n) is 15.1. The molecule has 16 nitrogen and oxygen atoms in total. The van der Waals surface area contributed by atoms with Crippen LogP contribution in [-0.4, -0.2) is 110 Å². The zero-order valence-corrected chi connectivity index (χ0v) is 69.9. The molecule has 6 aliphatic rings. The number of carboxylic acids is 2. The van der Waals surface area contributed by atoms with Crippen molar-refractivity contribution in [2.24, 2.45) is 41.4 Å². The molecule has 18 atom stereocenters. The summed E-state index contributed by atoms with van der Waals surface area (Å²) < 4.78 is 41.8. The number of benzene rings is 4. The molecule has 550 valence electrons. The topological polar surface area (TPSA) is 243 Å². The van der Waals surface area contributed by atoms with E-state index in [4.69, 9.17) is 32.8 Å². The second-order valence-corrected chi connectivity index (χ2v) is 33.8. The molecule has 4 aromatic carbocycles. The SMILES string of the molecule is CC#CCC(C)[C@H](C)/C=C/[C@H]1C(O[Si](C)(C)C)C[C@@H]2Oc3c(CCCC(=O)[O-])cccc3[C@@H]21.CC#CCC(C)[C@H](O)/C=C/[C@H]1C(O)C[C@@H]2Oc3c(CCCC(=O)OCc4ccc(OC)cc4OC)cccc3[C@@H]21.CC#CCC(C)[C@H](O)/C=C/[C@H]1C(O)C[C@@H]2Oc3c(CCCC(=O)[O-])cccc3[C@@H]21.[K+].[Na+]. The number of methoxy groups -OCH3 is 2. The van der Waals surface area contributed by atoms with Gasteiger partial charge in [-0.15, -0.1) is 35.5 Å². The van der Waals surface area contributed by atoms with Crippen molar-refractivity contribution in [1.82, 2.24) is 0 Å². The summed E-state index contributed by atoms with van der Waals surface area (Å²) in [6, 6.07) is 23.8. The summed E-state index contributed by atoms with van der Waals surface area (Å²) in [5.74, 6) is 20.9. The number of aliphatic carboxylic acids is 2. The molecule has 3 aliphatic carbocycles. The molecule has 4 aromatic rings. The van der Waals surface area contributed by atoms with E-state index >= 15 is 0 Å². The summed E-state index contributed by atoms with van der Waals surface area (Å²) in [7, 11) is 1.45. The van der Waals surface area contributed by atoms with Crippen molar-refractivity contribution in [3.8, 4) is 64.3 Å². The minimum absolute atomic E-state index is 0. The Morgan fingerprint density at radius 1 is 0.567 bits per heavy atom. The van der Waals surface area contributed by atoms with Crippen LogP contribution in [0.2, 0.25) is 19.6 Å². The first-order valence-electron chi connectivity index (χ1n) is 36.6. The second kappa shape index (κ2) is 42.6. The number of aliphatic hydroxyl groups is 4. The second-order valence-electron chi connectivity index (χ2n) is 29.4. The van der Waals surface area contributed by atoms with E-state index in [0.29, 0.717) is 87.5 Å². The number of aliphatic hydroxyl groups excluding tert-OH is 4. The van der Waals surface area contributed by atoms with E-state index in [0.717, 1.165) is 63.5 Å². The van der Waals surface area contributed by atoms with Crippen molar-refractivity contribution in [3.63, 3.8) is 0 Å². The molecule has 0 radical (unpaired) electrons.